The topological polar surface area (TPSA) is 67.6 Å². The molecule has 80 valence electrons. The highest BCUT2D eigenvalue weighted by molar-refractivity contribution is 6.33. The molecule has 5 heteroatoms. The van der Waals surface area contributed by atoms with Crippen molar-refractivity contribution in [3.05, 3.63) is 40.9 Å². The van der Waals surface area contributed by atoms with Crippen molar-refractivity contribution in [3.8, 4) is 11.8 Å². The Bertz CT molecular complexity index is 580. The molecule has 0 fully saturated rings. The highest BCUT2D eigenvalue weighted by Gasteiger charge is 2.09. The monoisotopic (exact) mass is 232 g/mol. The Labute approximate surface area is 97.9 Å². The van der Waals surface area contributed by atoms with Gasteiger partial charge in [-0.3, -0.25) is 4.57 Å². The van der Waals surface area contributed by atoms with Crippen molar-refractivity contribution in [2.45, 2.75) is 6.92 Å². The van der Waals surface area contributed by atoms with E-state index in [0.29, 0.717) is 16.5 Å². The summed E-state index contributed by atoms with van der Waals surface area (Å²) in [6, 6.07) is 5.52. The maximum absolute atomic E-state index is 8.89. The van der Waals surface area contributed by atoms with E-state index < -0.39 is 0 Å². The smallest absolute Gasteiger partial charge is 0.217 e. The van der Waals surface area contributed by atoms with Gasteiger partial charge in [0.25, 0.3) is 0 Å². The number of nitriles is 1. The van der Waals surface area contributed by atoms with E-state index in [1.165, 1.54) is 0 Å². The normalized spacial score (nSPS) is 10.1. The predicted octanol–water partition coefficient (Wildman–Crippen LogP) is 2.29. The second kappa shape index (κ2) is 3.87. The summed E-state index contributed by atoms with van der Waals surface area (Å²) in [5, 5.41) is 9.36. The molecule has 0 aliphatic rings. The number of nitrogen functional groups attached to an aromatic ring is 1. The van der Waals surface area contributed by atoms with Crippen molar-refractivity contribution in [2.24, 2.45) is 0 Å². The van der Waals surface area contributed by atoms with Crippen molar-refractivity contribution in [2.75, 3.05) is 5.73 Å². The van der Waals surface area contributed by atoms with Gasteiger partial charge in [0.05, 0.1) is 16.4 Å². The molecule has 16 heavy (non-hydrogen) atoms. The molecule has 0 saturated carbocycles. The molecular formula is C11H9ClN4. The van der Waals surface area contributed by atoms with Crippen molar-refractivity contribution in [1.29, 1.82) is 5.26 Å². The molecule has 4 nitrogen and oxygen atoms in total. The molecule has 0 aliphatic carbocycles. The molecule has 0 saturated heterocycles. The summed E-state index contributed by atoms with van der Waals surface area (Å²) in [7, 11) is 0. The van der Waals surface area contributed by atoms with Crippen LogP contribution in [-0.2, 0) is 0 Å². The quantitative estimate of drug-likeness (QED) is 0.767. The lowest BCUT2D eigenvalue weighted by molar-refractivity contribution is 1.01. The third-order valence-corrected chi connectivity index (χ3v) is 2.64. The molecule has 2 rings (SSSR count). The van der Waals surface area contributed by atoms with E-state index >= 15 is 0 Å². The van der Waals surface area contributed by atoms with Crippen molar-refractivity contribution in [3.63, 3.8) is 0 Å². The number of aromatic nitrogens is 2. The van der Waals surface area contributed by atoms with Gasteiger partial charge in [-0.2, -0.15) is 5.26 Å². The second-order valence-electron chi connectivity index (χ2n) is 3.39. The molecule has 1 heterocycles. The lowest BCUT2D eigenvalue weighted by atomic mass is 10.1. The second-order valence-corrected chi connectivity index (χ2v) is 3.80. The minimum absolute atomic E-state index is 0.323. The van der Waals surface area contributed by atoms with Gasteiger partial charge >= 0.3 is 0 Å². The third kappa shape index (κ3) is 1.62. The Morgan fingerprint density at radius 3 is 2.94 bits per heavy atom. The summed E-state index contributed by atoms with van der Waals surface area (Å²) < 4.78 is 1.68. The van der Waals surface area contributed by atoms with Gasteiger partial charge in [-0.15, -0.1) is 0 Å². The molecule has 0 spiro atoms. The van der Waals surface area contributed by atoms with Gasteiger partial charge in [0.15, 0.2) is 0 Å². The number of aryl methyl sites for hydroxylation is 1. The van der Waals surface area contributed by atoms with E-state index in [-0.39, 0.29) is 0 Å². The molecule has 1 aromatic carbocycles. The minimum atomic E-state index is 0.323. The van der Waals surface area contributed by atoms with Gasteiger partial charge in [-0.05, 0) is 24.6 Å². The Hall–Kier alpha value is -1.99. The van der Waals surface area contributed by atoms with Gasteiger partial charge in [-0.1, -0.05) is 11.6 Å². The SMILES string of the molecule is Cc1cc(N)c(Cl)cc1-n1ccnc1C#N. The van der Waals surface area contributed by atoms with Gasteiger partial charge in [0, 0.05) is 12.4 Å². The first kappa shape index (κ1) is 10.5. The van der Waals surface area contributed by atoms with Crippen LogP contribution in [0, 0.1) is 18.3 Å². The van der Waals surface area contributed by atoms with E-state index in [1.54, 1.807) is 29.1 Å². The molecule has 0 amide bonds. The lowest BCUT2D eigenvalue weighted by Gasteiger charge is -2.09. The Balaban J connectivity index is 2.66. The molecule has 1 aromatic heterocycles. The number of halogens is 1. The Morgan fingerprint density at radius 1 is 1.50 bits per heavy atom. The van der Waals surface area contributed by atoms with Crippen LogP contribution >= 0.6 is 11.6 Å². The molecule has 0 unspecified atom stereocenters. The molecule has 0 bridgehead atoms. The van der Waals surface area contributed by atoms with E-state index in [1.807, 2.05) is 13.0 Å². The number of hydrogen-bond donors (Lipinski definition) is 1. The first-order valence-electron chi connectivity index (χ1n) is 4.63. The number of anilines is 1. The number of nitrogens with zero attached hydrogens (tertiary/aromatic N) is 3. The average Bonchev–Trinajstić information content (AvgIpc) is 2.71. The van der Waals surface area contributed by atoms with Crippen LogP contribution in [-0.4, -0.2) is 9.55 Å². The highest BCUT2D eigenvalue weighted by atomic mass is 35.5. The van der Waals surface area contributed by atoms with Crippen LogP contribution in [0.25, 0.3) is 5.69 Å². The molecule has 0 aliphatic heterocycles. The minimum Gasteiger partial charge on any atom is -0.398 e. The molecule has 0 radical (unpaired) electrons. The average molecular weight is 233 g/mol. The fraction of sp³-hybridized carbons (Fsp3) is 0.0909. The standard InChI is InChI=1S/C11H9ClN4/c1-7-4-9(14)8(12)5-10(7)16-3-2-15-11(16)6-13/h2-5H,14H2,1H3. The molecule has 0 atom stereocenters. The van der Waals surface area contributed by atoms with Crippen molar-refractivity contribution >= 4 is 17.3 Å². The number of rotatable bonds is 1. The first-order chi connectivity index (χ1) is 7.63. The van der Waals surface area contributed by atoms with Crippen LogP contribution < -0.4 is 5.73 Å². The summed E-state index contributed by atoms with van der Waals surface area (Å²) in [6.45, 7) is 1.91. The van der Waals surface area contributed by atoms with E-state index in [0.717, 1.165) is 11.3 Å². The summed E-state index contributed by atoms with van der Waals surface area (Å²) in [6.07, 6.45) is 3.29. The Morgan fingerprint density at radius 2 is 2.25 bits per heavy atom. The van der Waals surface area contributed by atoms with Gasteiger partial charge in [-0.25, -0.2) is 4.98 Å². The first-order valence-corrected chi connectivity index (χ1v) is 5.00. The Kier molecular flexibility index (Phi) is 2.55. The zero-order chi connectivity index (χ0) is 11.7. The molecule has 2 aromatic rings. The summed E-state index contributed by atoms with van der Waals surface area (Å²) in [4.78, 5) is 3.93. The number of benzene rings is 1. The van der Waals surface area contributed by atoms with Crippen molar-refractivity contribution in [1.82, 2.24) is 9.55 Å². The zero-order valence-electron chi connectivity index (χ0n) is 8.61. The fourth-order valence-corrected chi connectivity index (χ4v) is 1.69. The maximum atomic E-state index is 8.89. The maximum Gasteiger partial charge on any atom is 0.217 e. The fourth-order valence-electron chi connectivity index (χ4n) is 1.53. The number of imidazole rings is 1. The molecule has 2 N–H and O–H groups in total. The van der Waals surface area contributed by atoms with Gasteiger partial charge < -0.3 is 5.73 Å². The zero-order valence-corrected chi connectivity index (χ0v) is 9.36. The predicted molar refractivity (Wildman–Crippen MR) is 62.4 cm³/mol. The number of nitrogens with two attached hydrogens (primary N) is 1. The number of hydrogen-bond acceptors (Lipinski definition) is 3. The van der Waals surface area contributed by atoms with Gasteiger partial charge in [0.1, 0.15) is 6.07 Å². The van der Waals surface area contributed by atoms with E-state index in [4.69, 9.17) is 22.6 Å². The van der Waals surface area contributed by atoms with Crippen LogP contribution in [0.1, 0.15) is 11.4 Å². The van der Waals surface area contributed by atoms with Crippen LogP contribution in [0.5, 0.6) is 0 Å². The largest absolute Gasteiger partial charge is 0.398 e. The van der Waals surface area contributed by atoms with Crippen LogP contribution in [0.4, 0.5) is 5.69 Å². The lowest BCUT2D eigenvalue weighted by Crippen LogP contribution is -2.00. The highest BCUT2D eigenvalue weighted by Crippen LogP contribution is 2.26. The summed E-state index contributed by atoms with van der Waals surface area (Å²) in [5.74, 6) is 0.323. The van der Waals surface area contributed by atoms with E-state index in [9.17, 15) is 0 Å². The van der Waals surface area contributed by atoms with Crippen LogP contribution in [0.15, 0.2) is 24.5 Å². The van der Waals surface area contributed by atoms with Crippen molar-refractivity contribution < 1.29 is 0 Å². The summed E-state index contributed by atoms with van der Waals surface area (Å²) in [5.41, 5.74) is 7.98. The third-order valence-electron chi connectivity index (χ3n) is 2.32. The van der Waals surface area contributed by atoms with Gasteiger partial charge in [0.2, 0.25) is 5.82 Å². The molecular weight excluding hydrogens is 224 g/mol. The van der Waals surface area contributed by atoms with Crippen LogP contribution in [0.3, 0.4) is 0 Å². The van der Waals surface area contributed by atoms with E-state index in [2.05, 4.69) is 4.98 Å². The van der Waals surface area contributed by atoms with Crippen LogP contribution in [0.2, 0.25) is 5.02 Å². The summed E-state index contributed by atoms with van der Waals surface area (Å²) >= 11 is 5.96.